The number of nitrogens with zero attached hydrogens (tertiary/aromatic N) is 3. The number of carbonyl (C=O) groups excluding carboxylic acids is 1. The molecule has 8 heteroatoms. The fourth-order valence-electron chi connectivity index (χ4n) is 4.17. The topological polar surface area (TPSA) is 99.3 Å². The van der Waals surface area contributed by atoms with E-state index in [1.807, 2.05) is 4.90 Å². The Balaban J connectivity index is 1.62. The highest BCUT2D eigenvalue weighted by molar-refractivity contribution is 7.16. The quantitative estimate of drug-likeness (QED) is 0.591. The average Bonchev–Trinajstić information content (AvgIpc) is 3.34. The normalized spacial score (nSPS) is 18.2. The van der Waals surface area contributed by atoms with Gasteiger partial charge in [-0.25, -0.2) is 0 Å². The van der Waals surface area contributed by atoms with Gasteiger partial charge in [-0.15, -0.1) is 11.3 Å². The number of nitro groups is 1. The lowest BCUT2D eigenvalue weighted by Gasteiger charge is -2.17. The van der Waals surface area contributed by atoms with Crippen LogP contribution < -0.4 is 10.2 Å². The molecule has 29 heavy (non-hydrogen) atoms. The number of hydrogen-bond acceptors (Lipinski definition) is 6. The lowest BCUT2D eigenvalue weighted by atomic mass is 9.88. The molecule has 0 bridgehead atoms. The van der Waals surface area contributed by atoms with Crippen LogP contribution in [-0.4, -0.2) is 23.9 Å². The van der Waals surface area contributed by atoms with Crippen molar-refractivity contribution in [2.24, 2.45) is 5.92 Å². The second-order valence-corrected chi connectivity index (χ2v) is 8.88. The zero-order valence-electron chi connectivity index (χ0n) is 16.2. The van der Waals surface area contributed by atoms with Crippen molar-refractivity contribution in [2.75, 3.05) is 23.3 Å². The first-order valence-corrected chi connectivity index (χ1v) is 10.7. The van der Waals surface area contributed by atoms with Gasteiger partial charge >= 0.3 is 0 Å². The first-order chi connectivity index (χ1) is 14.0. The van der Waals surface area contributed by atoms with Gasteiger partial charge in [0, 0.05) is 29.6 Å². The summed E-state index contributed by atoms with van der Waals surface area (Å²) in [5.74, 6) is 0.140. The van der Waals surface area contributed by atoms with Gasteiger partial charge in [-0.2, -0.15) is 5.26 Å². The molecule has 4 rings (SSSR count). The number of benzene rings is 1. The van der Waals surface area contributed by atoms with Crippen molar-refractivity contribution in [3.05, 3.63) is 49.9 Å². The molecule has 1 atom stereocenters. The molecule has 1 aromatic heterocycles. The number of nitriles is 1. The van der Waals surface area contributed by atoms with Crippen molar-refractivity contribution in [2.45, 2.75) is 39.0 Å². The Labute approximate surface area is 173 Å². The van der Waals surface area contributed by atoms with Crippen molar-refractivity contribution in [3.8, 4) is 6.07 Å². The minimum Gasteiger partial charge on any atom is -0.366 e. The van der Waals surface area contributed by atoms with E-state index in [0.29, 0.717) is 22.2 Å². The highest BCUT2D eigenvalue weighted by Crippen LogP contribution is 2.39. The number of hydrogen-bond donors (Lipinski definition) is 1. The average molecular weight is 410 g/mol. The molecule has 7 nitrogen and oxygen atoms in total. The third-order valence-corrected chi connectivity index (χ3v) is 6.90. The Hall–Kier alpha value is -2.92. The van der Waals surface area contributed by atoms with Crippen LogP contribution in [0.3, 0.4) is 0 Å². The molecule has 1 amide bonds. The third kappa shape index (κ3) is 3.70. The highest BCUT2D eigenvalue weighted by atomic mass is 32.1. The largest absolute Gasteiger partial charge is 0.366 e. The van der Waals surface area contributed by atoms with Crippen LogP contribution in [0.4, 0.5) is 16.4 Å². The number of rotatable bonds is 4. The van der Waals surface area contributed by atoms with Crippen molar-refractivity contribution >= 4 is 33.6 Å². The van der Waals surface area contributed by atoms with Crippen LogP contribution in [-0.2, 0) is 12.8 Å². The number of anilines is 2. The monoisotopic (exact) mass is 410 g/mol. The predicted molar refractivity (Wildman–Crippen MR) is 113 cm³/mol. The Bertz CT molecular complexity index is 1020. The Morgan fingerprint density at radius 2 is 2.14 bits per heavy atom. The van der Waals surface area contributed by atoms with Gasteiger partial charge in [0.15, 0.2) is 0 Å². The third-order valence-electron chi connectivity index (χ3n) is 5.73. The molecule has 1 aliphatic carbocycles. The van der Waals surface area contributed by atoms with Crippen LogP contribution in [0.2, 0.25) is 0 Å². The summed E-state index contributed by atoms with van der Waals surface area (Å²) in [7, 11) is 0. The molecule has 2 aromatic rings. The van der Waals surface area contributed by atoms with E-state index in [1.165, 1.54) is 17.4 Å². The van der Waals surface area contributed by atoms with Gasteiger partial charge in [-0.05, 0) is 55.7 Å². The predicted octanol–water partition coefficient (Wildman–Crippen LogP) is 4.51. The van der Waals surface area contributed by atoms with Crippen LogP contribution in [0.1, 0.15) is 52.5 Å². The maximum absolute atomic E-state index is 12.8. The molecular weight excluding hydrogens is 388 g/mol. The SMILES string of the molecule is C[C@@H]1CCc2c(sc(NC(=O)c3ccc(N4CCCC4)c([N+](=O)[O-])c3)c2C#N)C1. The molecule has 2 heterocycles. The number of fused-ring (bicyclic) bond motifs is 1. The van der Waals surface area contributed by atoms with E-state index < -0.39 is 10.8 Å². The number of carbonyl (C=O) groups is 1. The summed E-state index contributed by atoms with van der Waals surface area (Å²) in [6.07, 6.45) is 4.83. The van der Waals surface area contributed by atoms with Crippen molar-refractivity contribution < 1.29 is 9.72 Å². The van der Waals surface area contributed by atoms with Gasteiger partial charge in [0.2, 0.25) is 0 Å². The summed E-state index contributed by atoms with van der Waals surface area (Å²) in [4.78, 5) is 27.1. The van der Waals surface area contributed by atoms with Gasteiger partial charge in [0.25, 0.3) is 11.6 Å². The van der Waals surface area contributed by atoms with E-state index in [-0.39, 0.29) is 11.3 Å². The second kappa shape index (κ2) is 7.84. The Morgan fingerprint density at radius 1 is 1.38 bits per heavy atom. The lowest BCUT2D eigenvalue weighted by molar-refractivity contribution is -0.384. The highest BCUT2D eigenvalue weighted by Gasteiger charge is 2.27. The Kier molecular flexibility index (Phi) is 5.24. The molecular formula is C21H22N4O3S. The summed E-state index contributed by atoms with van der Waals surface area (Å²) in [6.45, 7) is 3.77. The molecule has 0 unspecified atom stereocenters. The van der Waals surface area contributed by atoms with Crippen LogP contribution >= 0.6 is 11.3 Å². The fourth-order valence-corrected chi connectivity index (χ4v) is 5.52. The van der Waals surface area contributed by atoms with Crippen molar-refractivity contribution in [1.82, 2.24) is 0 Å². The van der Waals surface area contributed by atoms with Crippen LogP contribution in [0.15, 0.2) is 18.2 Å². The van der Waals surface area contributed by atoms with E-state index in [4.69, 9.17) is 0 Å². The van der Waals surface area contributed by atoms with E-state index >= 15 is 0 Å². The maximum atomic E-state index is 12.8. The summed E-state index contributed by atoms with van der Waals surface area (Å²) >= 11 is 1.45. The zero-order valence-corrected chi connectivity index (χ0v) is 17.1. The molecule has 150 valence electrons. The molecule has 1 aliphatic heterocycles. The van der Waals surface area contributed by atoms with E-state index in [1.54, 1.807) is 12.1 Å². The standard InChI is InChI=1S/C21H22N4O3S/c1-13-4-6-15-16(12-22)21(29-19(15)10-13)23-20(26)14-5-7-17(18(11-14)25(27)28)24-8-2-3-9-24/h5,7,11,13H,2-4,6,8-10H2,1H3,(H,23,26)/t13-/m1/s1. The number of nitro benzene ring substituents is 1. The van der Waals surface area contributed by atoms with Gasteiger partial charge in [0.1, 0.15) is 16.8 Å². The van der Waals surface area contributed by atoms with Crippen LogP contribution in [0, 0.1) is 27.4 Å². The van der Waals surface area contributed by atoms with E-state index in [2.05, 4.69) is 18.3 Å². The number of nitrogens with one attached hydrogen (secondary N) is 1. The van der Waals surface area contributed by atoms with Gasteiger partial charge in [-0.1, -0.05) is 6.92 Å². The first kappa shape index (κ1) is 19.4. The zero-order chi connectivity index (χ0) is 20.5. The summed E-state index contributed by atoms with van der Waals surface area (Å²) in [5, 5.41) is 24.5. The Morgan fingerprint density at radius 3 is 2.83 bits per heavy atom. The van der Waals surface area contributed by atoms with Crippen molar-refractivity contribution in [1.29, 1.82) is 5.26 Å². The molecule has 1 saturated heterocycles. The number of thiophene rings is 1. The summed E-state index contributed by atoms with van der Waals surface area (Å²) in [5.41, 5.74) is 2.31. The van der Waals surface area contributed by atoms with Crippen LogP contribution in [0.25, 0.3) is 0 Å². The van der Waals surface area contributed by atoms with Crippen molar-refractivity contribution in [3.63, 3.8) is 0 Å². The molecule has 1 N–H and O–H groups in total. The first-order valence-electron chi connectivity index (χ1n) is 9.87. The molecule has 0 saturated carbocycles. The van der Waals surface area contributed by atoms with E-state index in [9.17, 15) is 20.2 Å². The molecule has 0 spiro atoms. The lowest BCUT2D eigenvalue weighted by Crippen LogP contribution is -2.19. The maximum Gasteiger partial charge on any atom is 0.293 e. The minimum absolute atomic E-state index is 0.0562. The van der Waals surface area contributed by atoms with E-state index in [0.717, 1.165) is 55.6 Å². The fraction of sp³-hybridized carbons (Fsp3) is 0.429. The second-order valence-electron chi connectivity index (χ2n) is 7.78. The molecule has 1 aromatic carbocycles. The minimum atomic E-state index is -0.434. The molecule has 0 radical (unpaired) electrons. The molecule has 2 aliphatic rings. The number of amides is 1. The summed E-state index contributed by atoms with van der Waals surface area (Å²) in [6, 6.07) is 6.85. The molecule has 1 fully saturated rings. The van der Waals surface area contributed by atoms with Crippen LogP contribution in [0.5, 0.6) is 0 Å². The van der Waals surface area contributed by atoms with Gasteiger partial charge in [0.05, 0.1) is 10.5 Å². The smallest absolute Gasteiger partial charge is 0.293 e. The summed E-state index contributed by atoms with van der Waals surface area (Å²) < 4.78 is 0. The van der Waals surface area contributed by atoms with Gasteiger partial charge in [-0.3, -0.25) is 14.9 Å². The van der Waals surface area contributed by atoms with Gasteiger partial charge < -0.3 is 10.2 Å².